The number of carboxylic acids is 1. The fourth-order valence-corrected chi connectivity index (χ4v) is 3.86. The number of imide groups is 1. The summed E-state index contributed by atoms with van der Waals surface area (Å²) in [6, 6.07) is 12.5. The van der Waals surface area contributed by atoms with Gasteiger partial charge in [0.15, 0.2) is 6.61 Å². The Hall–Kier alpha value is -2.78. The summed E-state index contributed by atoms with van der Waals surface area (Å²) in [5.41, 5.74) is 1.60. The minimum Gasteiger partial charge on any atom is -0.492 e. The van der Waals surface area contributed by atoms with Gasteiger partial charge < -0.3 is 14.6 Å². The van der Waals surface area contributed by atoms with Crippen molar-refractivity contribution in [3.05, 3.63) is 63.0 Å². The van der Waals surface area contributed by atoms with Gasteiger partial charge in [-0.1, -0.05) is 33.6 Å². The zero-order valence-corrected chi connectivity index (χ0v) is 18.4. The Labute approximate surface area is 185 Å². The number of aliphatic carboxylic acids is 1. The van der Waals surface area contributed by atoms with E-state index in [1.54, 1.807) is 18.2 Å². The first-order valence-electron chi connectivity index (χ1n) is 8.92. The second kappa shape index (κ2) is 9.82. The van der Waals surface area contributed by atoms with Crippen LogP contribution in [0.4, 0.5) is 4.79 Å². The average molecular weight is 492 g/mol. The number of thioether (sulfide) groups is 1. The van der Waals surface area contributed by atoms with E-state index in [9.17, 15) is 14.4 Å². The number of ether oxygens (including phenoxy) is 2. The van der Waals surface area contributed by atoms with Gasteiger partial charge in [0.2, 0.25) is 0 Å². The van der Waals surface area contributed by atoms with E-state index < -0.39 is 18.5 Å². The lowest BCUT2D eigenvalue weighted by Gasteiger charge is -2.13. The van der Waals surface area contributed by atoms with Gasteiger partial charge in [0, 0.05) is 10.0 Å². The molecule has 1 aliphatic rings. The summed E-state index contributed by atoms with van der Waals surface area (Å²) in [7, 11) is 0. The highest BCUT2D eigenvalue weighted by Gasteiger charge is 2.35. The summed E-state index contributed by atoms with van der Waals surface area (Å²) < 4.78 is 11.6. The number of hydrogen-bond acceptors (Lipinski definition) is 6. The molecule has 1 heterocycles. The van der Waals surface area contributed by atoms with Crippen LogP contribution in [0.5, 0.6) is 11.5 Å². The Bertz CT molecular complexity index is 1010. The number of carbonyl (C=O) groups is 3. The molecule has 0 aliphatic carbocycles. The molecule has 1 N–H and O–H groups in total. The molecule has 1 aliphatic heterocycles. The first-order chi connectivity index (χ1) is 14.3. The van der Waals surface area contributed by atoms with Gasteiger partial charge >= 0.3 is 5.97 Å². The van der Waals surface area contributed by atoms with Crippen LogP contribution >= 0.6 is 27.7 Å². The van der Waals surface area contributed by atoms with Crippen LogP contribution in [0.15, 0.2) is 51.8 Å². The van der Waals surface area contributed by atoms with Gasteiger partial charge in [-0.2, -0.15) is 0 Å². The molecule has 0 spiro atoms. The Balaban J connectivity index is 1.69. The van der Waals surface area contributed by atoms with Gasteiger partial charge in [-0.05, 0) is 55.1 Å². The Morgan fingerprint density at radius 2 is 1.90 bits per heavy atom. The molecule has 156 valence electrons. The minimum absolute atomic E-state index is 0.122. The van der Waals surface area contributed by atoms with Crippen LogP contribution in [0.1, 0.15) is 11.1 Å². The van der Waals surface area contributed by atoms with E-state index >= 15 is 0 Å². The molecular weight excluding hydrogens is 474 g/mol. The molecular formula is C21H18BrNO6S. The first-order valence-corrected chi connectivity index (χ1v) is 10.5. The van der Waals surface area contributed by atoms with Crippen molar-refractivity contribution in [2.45, 2.75) is 6.92 Å². The Kier molecular flexibility index (Phi) is 7.17. The molecule has 2 amide bonds. The van der Waals surface area contributed by atoms with Gasteiger partial charge in [0.1, 0.15) is 18.1 Å². The van der Waals surface area contributed by atoms with E-state index in [4.69, 9.17) is 14.6 Å². The number of hydrogen-bond donors (Lipinski definition) is 1. The number of carboxylic acid groups (broad SMARTS) is 1. The standard InChI is InChI=1S/C21H18BrNO6S/c1-13-2-5-16(6-3-13)28-9-8-23-20(26)18(30-21(23)27)11-14-10-15(22)4-7-17(14)29-12-19(24)25/h2-7,10-11H,8-9,12H2,1H3,(H,24,25)/b18-11+. The molecule has 1 saturated heterocycles. The number of halogens is 1. The summed E-state index contributed by atoms with van der Waals surface area (Å²) in [5.74, 6) is -0.577. The van der Waals surface area contributed by atoms with Crippen molar-refractivity contribution in [3.8, 4) is 11.5 Å². The molecule has 0 bridgehead atoms. The maximum atomic E-state index is 12.7. The minimum atomic E-state index is -1.11. The van der Waals surface area contributed by atoms with Gasteiger partial charge in [-0.15, -0.1) is 0 Å². The van der Waals surface area contributed by atoms with Crippen LogP contribution in [0.3, 0.4) is 0 Å². The monoisotopic (exact) mass is 491 g/mol. The molecule has 9 heteroatoms. The Morgan fingerprint density at radius 1 is 1.17 bits per heavy atom. The zero-order valence-electron chi connectivity index (χ0n) is 16.0. The van der Waals surface area contributed by atoms with Crippen molar-refractivity contribution in [3.63, 3.8) is 0 Å². The van der Waals surface area contributed by atoms with Crippen LogP contribution < -0.4 is 9.47 Å². The largest absolute Gasteiger partial charge is 0.492 e. The number of carbonyl (C=O) groups excluding carboxylic acids is 2. The van der Waals surface area contributed by atoms with E-state index in [1.807, 2.05) is 31.2 Å². The maximum Gasteiger partial charge on any atom is 0.341 e. The van der Waals surface area contributed by atoms with Crippen molar-refractivity contribution < 1.29 is 29.0 Å². The lowest BCUT2D eigenvalue weighted by molar-refractivity contribution is -0.139. The maximum absolute atomic E-state index is 12.7. The number of aryl methyl sites for hydroxylation is 1. The smallest absolute Gasteiger partial charge is 0.341 e. The van der Waals surface area contributed by atoms with Crippen molar-refractivity contribution in [1.29, 1.82) is 0 Å². The molecule has 0 unspecified atom stereocenters. The average Bonchev–Trinajstić information content (AvgIpc) is 2.96. The lowest BCUT2D eigenvalue weighted by Crippen LogP contribution is -2.32. The third kappa shape index (κ3) is 5.64. The van der Waals surface area contributed by atoms with E-state index in [1.165, 1.54) is 6.08 Å². The molecule has 2 aromatic rings. The summed E-state index contributed by atoms with van der Waals surface area (Å²) in [6.45, 7) is 1.76. The number of rotatable bonds is 8. The fraction of sp³-hybridized carbons (Fsp3) is 0.190. The van der Waals surface area contributed by atoms with Crippen molar-refractivity contribution in [1.82, 2.24) is 4.90 Å². The van der Waals surface area contributed by atoms with Crippen LogP contribution in [0.2, 0.25) is 0 Å². The highest BCUT2D eigenvalue weighted by molar-refractivity contribution is 9.10. The van der Waals surface area contributed by atoms with Crippen LogP contribution in [0.25, 0.3) is 6.08 Å². The summed E-state index contributed by atoms with van der Waals surface area (Å²) >= 11 is 4.16. The summed E-state index contributed by atoms with van der Waals surface area (Å²) in [5, 5.41) is 8.44. The van der Waals surface area contributed by atoms with Gasteiger partial charge in [-0.25, -0.2) is 4.79 Å². The van der Waals surface area contributed by atoms with Gasteiger partial charge in [-0.3, -0.25) is 14.5 Å². The topological polar surface area (TPSA) is 93.1 Å². The molecule has 2 aromatic carbocycles. The highest BCUT2D eigenvalue weighted by Crippen LogP contribution is 2.34. The molecule has 0 aromatic heterocycles. The van der Waals surface area contributed by atoms with Crippen LogP contribution in [0, 0.1) is 6.92 Å². The van der Waals surface area contributed by atoms with E-state index in [-0.39, 0.29) is 23.3 Å². The highest BCUT2D eigenvalue weighted by atomic mass is 79.9. The number of benzene rings is 2. The predicted octanol–water partition coefficient (Wildman–Crippen LogP) is 4.34. The first kappa shape index (κ1) is 21.9. The summed E-state index contributed by atoms with van der Waals surface area (Å²) in [4.78, 5) is 37.1. The third-order valence-electron chi connectivity index (χ3n) is 4.09. The van der Waals surface area contributed by atoms with Crippen LogP contribution in [-0.4, -0.2) is 46.9 Å². The van der Waals surface area contributed by atoms with Gasteiger partial charge in [0.05, 0.1) is 11.4 Å². The van der Waals surface area contributed by atoms with Crippen molar-refractivity contribution in [2.75, 3.05) is 19.8 Å². The molecule has 0 saturated carbocycles. The fourth-order valence-electron chi connectivity index (χ4n) is 2.63. The SMILES string of the molecule is Cc1ccc(OCCN2C(=O)S/C(=C/c3cc(Br)ccc3OCC(=O)O)C2=O)cc1. The summed E-state index contributed by atoms with van der Waals surface area (Å²) in [6.07, 6.45) is 1.52. The second-order valence-electron chi connectivity index (χ2n) is 6.36. The molecule has 0 radical (unpaired) electrons. The molecule has 3 rings (SSSR count). The van der Waals surface area contributed by atoms with Crippen molar-refractivity contribution in [2.24, 2.45) is 0 Å². The molecule has 30 heavy (non-hydrogen) atoms. The van der Waals surface area contributed by atoms with E-state index in [0.29, 0.717) is 17.1 Å². The van der Waals surface area contributed by atoms with E-state index in [2.05, 4.69) is 15.9 Å². The molecule has 0 atom stereocenters. The lowest BCUT2D eigenvalue weighted by atomic mass is 10.2. The van der Waals surface area contributed by atoms with Gasteiger partial charge in [0.25, 0.3) is 11.1 Å². The predicted molar refractivity (Wildman–Crippen MR) is 117 cm³/mol. The molecule has 7 nitrogen and oxygen atoms in total. The second-order valence-corrected chi connectivity index (χ2v) is 8.27. The van der Waals surface area contributed by atoms with Crippen LogP contribution in [-0.2, 0) is 9.59 Å². The number of amides is 2. The van der Waals surface area contributed by atoms with E-state index in [0.717, 1.165) is 26.7 Å². The Morgan fingerprint density at radius 3 is 2.60 bits per heavy atom. The number of nitrogens with zero attached hydrogens (tertiary/aromatic N) is 1. The van der Waals surface area contributed by atoms with Crippen molar-refractivity contribution >= 4 is 50.9 Å². The normalized spacial score (nSPS) is 15.0. The molecule has 1 fully saturated rings. The zero-order chi connectivity index (χ0) is 21.7. The third-order valence-corrected chi connectivity index (χ3v) is 5.49. The quantitative estimate of drug-likeness (QED) is 0.549.